The van der Waals surface area contributed by atoms with E-state index in [0.717, 1.165) is 30.5 Å². The van der Waals surface area contributed by atoms with E-state index in [4.69, 9.17) is 31.8 Å². The summed E-state index contributed by atoms with van der Waals surface area (Å²) in [6.07, 6.45) is 3.13. The first-order chi connectivity index (χ1) is 16.0. The molecular formula is C24H27ClN6O2. The average Bonchev–Trinajstić information content (AvgIpc) is 3.46. The van der Waals surface area contributed by atoms with Gasteiger partial charge in [-0.25, -0.2) is 4.98 Å². The van der Waals surface area contributed by atoms with Crippen LogP contribution in [-0.4, -0.2) is 63.9 Å². The molecule has 1 saturated heterocycles. The minimum Gasteiger partial charge on any atom is -0.490 e. The summed E-state index contributed by atoms with van der Waals surface area (Å²) in [6.45, 7) is 5.03. The van der Waals surface area contributed by atoms with Gasteiger partial charge >= 0.3 is 0 Å². The molecule has 2 atom stereocenters. The molecule has 8 nitrogen and oxygen atoms in total. The van der Waals surface area contributed by atoms with Crippen molar-refractivity contribution in [3.8, 4) is 17.3 Å². The van der Waals surface area contributed by atoms with Crippen molar-refractivity contribution in [1.29, 1.82) is 0 Å². The van der Waals surface area contributed by atoms with Crippen LogP contribution in [0.25, 0.3) is 28.1 Å². The van der Waals surface area contributed by atoms with Crippen LogP contribution in [0, 0.1) is 0 Å². The molecule has 3 aromatic heterocycles. The molecule has 5 rings (SSSR count). The van der Waals surface area contributed by atoms with Gasteiger partial charge in [0.1, 0.15) is 23.1 Å². The van der Waals surface area contributed by atoms with E-state index in [9.17, 15) is 0 Å². The smallest absolute Gasteiger partial charge is 0.187 e. The Labute approximate surface area is 197 Å². The number of likely N-dealkylation sites (tertiary alicyclic amines) is 1. The highest BCUT2D eigenvalue weighted by atomic mass is 35.5. The number of halogens is 1. The maximum atomic E-state index is 6.64. The van der Waals surface area contributed by atoms with Crippen LogP contribution in [0.15, 0.2) is 42.6 Å². The summed E-state index contributed by atoms with van der Waals surface area (Å²) in [6, 6.07) is 12.3. The van der Waals surface area contributed by atoms with Crippen molar-refractivity contribution in [2.24, 2.45) is 5.73 Å². The fourth-order valence-electron chi connectivity index (χ4n) is 4.31. The summed E-state index contributed by atoms with van der Waals surface area (Å²) in [7, 11) is 1.63. The van der Waals surface area contributed by atoms with Crippen molar-refractivity contribution in [1.82, 2.24) is 24.5 Å². The third kappa shape index (κ3) is 4.27. The molecule has 0 amide bonds. The molecule has 4 heterocycles. The molecule has 2 N–H and O–H groups in total. The summed E-state index contributed by atoms with van der Waals surface area (Å²) in [5.41, 5.74) is 9.43. The predicted molar refractivity (Wildman–Crippen MR) is 129 cm³/mol. The lowest BCUT2D eigenvalue weighted by Crippen LogP contribution is -2.28. The highest BCUT2D eigenvalue weighted by Crippen LogP contribution is 2.33. The molecule has 0 saturated carbocycles. The third-order valence-corrected chi connectivity index (χ3v) is 6.62. The van der Waals surface area contributed by atoms with Crippen LogP contribution >= 0.6 is 11.6 Å². The van der Waals surface area contributed by atoms with E-state index >= 15 is 0 Å². The molecule has 1 aromatic carbocycles. The maximum absolute atomic E-state index is 6.64. The van der Waals surface area contributed by atoms with Crippen molar-refractivity contribution in [3.63, 3.8) is 0 Å². The highest BCUT2D eigenvalue weighted by molar-refractivity contribution is 6.36. The van der Waals surface area contributed by atoms with Gasteiger partial charge in [-0.3, -0.25) is 9.30 Å². The van der Waals surface area contributed by atoms with Gasteiger partial charge in [-0.1, -0.05) is 23.7 Å². The van der Waals surface area contributed by atoms with Crippen LogP contribution in [0.4, 0.5) is 0 Å². The van der Waals surface area contributed by atoms with Gasteiger partial charge in [-0.15, -0.1) is 10.2 Å². The highest BCUT2D eigenvalue weighted by Gasteiger charge is 2.25. The number of hydrogen-bond donors (Lipinski definition) is 1. The number of ether oxygens (including phenoxy) is 2. The van der Waals surface area contributed by atoms with Crippen LogP contribution in [0.3, 0.4) is 0 Å². The Morgan fingerprint density at radius 1 is 1.15 bits per heavy atom. The SMILES string of the molecule is COCCOc1ccc2ccc(-c3nnc4ccc([C@H](C)N5CC[C@H](N)C5)cn34)nc2c1Cl. The van der Waals surface area contributed by atoms with Gasteiger partial charge in [0, 0.05) is 43.9 Å². The Kier molecular flexibility index (Phi) is 6.16. The molecule has 9 heteroatoms. The van der Waals surface area contributed by atoms with Crippen LogP contribution in [0.5, 0.6) is 5.75 Å². The Bertz CT molecular complexity index is 1290. The van der Waals surface area contributed by atoms with E-state index in [1.165, 1.54) is 5.56 Å². The quantitative estimate of drug-likeness (QED) is 0.415. The van der Waals surface area contributed by atoms with Gasteiger partial charge in [0.15, 0.2) is 11.5 Å². The molecule has 1 fully saturated rings. The second-order valence-corrected chi connectivity index (χ2v) is 8.80. The van der Waals surface area contributed by atoms with Crippen LogP contribution in [0.2, 0.25) is 5.02 Å². The lowest BCUT2D eigenvalue weighted by molar-refractivity contribution is 0.146. The van der Waals surface area contributed by atoms with Crippen molar-refractivity contribution in [2.45, 2.75) is 25.4 Å². The van der Waals surface area contributed by atoms with Gasteiger partial charge in [-0.05, 0) is 43.2 Å². The number of fused-ring (bicyclic) bond motifs is 2. The van der Waals surface area contributed by atoms with Gasteiger partial charge in [0.25, 0.3) is 0 Å². The molecule has 0 bridgehead atoms. The van der Waals surface area contributed by atoms with E-state index in [0.29, 0.717) is 41.0 Å². The molecule has 1 aliphatic heterocycles. The number of nitrogens with two attached hydrogens (primary N) is 1. The summed E-state index contributed by atoms with van der Waals surface area (Å²) >= 11 is 6.64. The Balaban J connectivity index is 1.51. The summed E-state index contributed by atoms with van der Waals surface area (Å²) < 4.78 is 12.8. The Morgan fingerprint density at radius 3 is 2.79 bits per heavy atom. The zero-order valence-corrected chi connectivity index (χ0v) is 19.5. The van der Waals surface area contributed by atoms with Gasteiger partial charge < -0.3 is 15.2 Å². The van der Waals surface area contributed by atoms with E-state index in [-0.39, 0.29) is 12.1 Å². The second kappa shape index (κ2) is 9.23. The molecule has 0 aliphatic carbocycles. The first-order valence-corrected chi connectivity index (χ1v) is 11.5. The van der Waals surface area contributed by atoms with Crippen LogP contribution in [0.1, 0.15) is 24.9 Å². The average molecular weight is 467 g/mol. The summed E-state index contributed by atoms with van der Waals surface area (Å²) in [5, 5.41) is 10.2. The normalized spacial score (nSPS) is 17.8. The van der Waals surface area contributed by atoms with E-state index < -0.39 is 0 Å². The minimum atomic E-state index is 0.247. The molecule has 4 aromatic rings. The molecule has 0 unspecified atom stereocenters. The minimum absolute atomic E-state index is 0.247. The first-order valence-electron chi connectivity index (χ1n) is 11.1. The number of nitrogens with zero attached hydrogens (tertiary/aromatic N) is 5. The molecule has 172 valence electrons. The van der Waals surface area contributed by atoms with Gasteiger partial charge in [-0.2, -0.15) is 0 Å². The molecule has 1 aliphatic rings. The fraction of sp³-hybridized carbons (Fsp3) is 0.375. The van der Waals surface area contributed by atoms with Crippen molar-refractivity contribution < 1.29 is 9.47 Å². The number of benzene rings is 1. The van der Waals surface area contributed by atoms with Gasteiger partial charge in [0.2, 0.25) is 0 Å². The maximum Gasteiger partial charge on any atom is 0.187 e. The number of hydrogen-bond acceptors (Lipinski definition) is 7. The van der Waals surface area contributed by atoms with E-state index in [1.807, 2.05) is 34.7 Å². The molecule has 0 radical (unpaired) electrons. The van der Waals surface area contributed by atoms with E-state index in [2.05, 4.69) is 34.3 Å². The van der Waals surface area contributed by atoms with E-state index in [1.54, 1.807) is 7.11 Å². The first kappa shape index (κ1) is 22.0. The molecular weight excluding hydrogens is 440 g/mol. The number of methoxy groups -OCH3 is 1. The van der Waals surface area contributed by atoms with Crippen LogP contribution < -0.4 is 10.5 Å². The van der Waals surface area contributed by atoms with Crippen LogP contribution in [-0.2, 0) is 4.74 Å². The molecule has 0 spiro atoms. The fourth-order valence-corrected chi connectivity index (χ4v) is 4.58. The topological polar surface area (TPSA) is 90.8 Å². The second-order valence-electron chi connectivity index (χ2n) is 8.42. The zero-order valence-electron chi connectivity index (χ0n) is 18.7. The predicted octanol–water partition coefficient (Wildman–Crippen LogP) is 3.72. The van der Waals surface area contributed by atoms with Crippen molar-refractivity contribution in [2.75, 3.05) is 33.4 Å². The zero-order chi connectivity index (χ0) is 22.9. The monoisotopic (exact) mass is 466 g/mol. The standard InChI is InChI=1S/C24H27ClN6O2/c1-15(30-10-9-18(26)14-30)17-5-8-21-28-29-24(31(21)13-17)19-6-3-16-4-7-20(33-12-11-32-2)22(25)23(16)27-19/h3-8,13,15,18H,9-12,14,26H2,1-2H3/t15-,18-/m0/s1. The lowest BCUT2D eigenvalue weighted by Gasteiger charge is -2.24. The van der Waals surface area contributed by atoms with Crippen molar-refractivity contribution >= 4 is 28.2 Å². The lowest BCUT2D eigenvalue weighted by atomic mass is 10.1. The summed E-state index contributed by atoms with van der Waals surface area (Å²) in [4.78, 5) is 7.24. The van der Waals surface area contributed by atoms with Gasteiger partial charge in [0.05, 0.1) is 12.1 Å². The Hall–Kier alpha value is -2.78. The molecule has 33 heavy (non-hydrogen) atoms. The number of rotatable bonds is 7. The third-order valence-electron chi connectivity index (χ3n) is 6.25. The summed E-state index contributed by atoms with van der Waals surface area (Å²) in [5.74, 6) is 1.25. The largest absolute Gasteiger partial charge is 0.490 e. The van der Waals surface area contributed by atoms with Crippen molar-refractivity contribution in [3.05, 3.63) is 53.2 Å². The Morgan fingerprint density at radius 2 is 2.00 bits per heavy atom. The number of pyridine rings is 2. The number of aromatic nitrogens is 4.